The third kappa shape index (κ3) is 5.40. The second kappa shape index (κ2) is 9.08. The van der Waals surface area contributed by atoms with Crippen LogP contribution in [0.15, 0.2) is 58.0 Å². The average Bonchev–Trinajstić information content (AvgIpc) is 2.70. The Morgan fingerprint density at radius 3 is 2.41 bits per heavy atom. The lowest BCUT2D eigenvalue weighted by Gasteiger charge is -2.18. The van der Waals surface area contributed by atoms with Crippen molar-refractivity contribution in [2.24, 2.45) is 5.14 Å². The molecule has 0 aliphatic carbocycles. The van der Waals surface area contributed by atoms with E-state index in [1.165, 1.54) is 13.2 Å². The van der Waals surface area contributed by atoms with Crippen molar-refractivity contribution in [3.63, 3.8) is 0 Å². The van der Waals surface area contributed by atoms with Gasteiger partial charge in [-0.1, -0.05) is 28.1 Å². The molecule has 0 atom stereocenters. The monoisotopic (exact) mass is 529 g/mol. The lowest BCUT2D eigenvalue weighted by molar-refractivity contribution is -0.137. The van der Waals surface area contributed by atoms with E-state index in [-0.39, 0.29) is 22.8 Å². The van der Waals surface area contributed by atoms with Crippen molar-refractivity contribution in [2.45, 2.75) is 24.4 Å². The summed E-state index contributed by atoms with van der Waals surface area (Å²) in [5.41, 5.74) is 1.13. The number of primary sulfonamides is 1. The van der Waals surface area contributed by atoms with Crippen LogP contribution in [0.25, 0.3) is 0 Å². The number of nitrogens with zero attached hydrogens (tertiary/aromatic N) is 1. The summed E-state index contributed by atoms with van der Waals surface area (Å²) in [6.45, 7) is 1.75. The first-order chi connectivity index (χ1) is 14.9. The van der Waals surface area contributed by atoms with Crippen molar-refractivity contribution in [3.05, 3.63) is 75.4 Å². The van der Waals surface area contributed by atoms with Gasteiger partial charge < -0.3 is 10.1 Å². The number of rotatable bonds is 6. The number of ether oxygens (including phenoxy) is 1. The van der Waals surface area contributed by atoms with Gasteiger partial charge >= 0.3 is 6.18 Å². The average molecular weight is 530 g/mol. The summed E-state index contributed by atoms with van der Waals surface area (Å²) in [5.74, 6) is 0.677. The molecule has 2 aromatic carbocycles. The Morgan fingerprint density at radius 1 is 1.16 bits per heavy atom. The maximum Gasteiger partial charge on any atom is 0.417 e. The van der Waals surface area contributed by atoms with Gasteiger partial charge in [0, 0.05) is 17.1 Å². The van der Waals surface area contributed by atoms with Crippen molar-refractivity contribution >= 4 is 37.5 Å². The highest BCUT2D eigenvalue weighted by molar-refractivity contribution is 9.10. The van der Waals surface area contributed by atoms with E-state index in [1.807, 2.05) is 0 Å². The van der Waals surface area contributed by atoms with Crippen LogP contribution < -0.4 is 15.2 Å². The normalized spacial score (nSPS) is 12.0. The van der Waals surface area contributed by atoms with E-state index >= 15 is 0 Å². The topological polar surface area (TPSA) is 94.3 Å². The van der Waals surface area contributed by atoms with E-state index in [0.717, 1.165) is 22.2 Å². The fraction of sp³-hybridized carbons (Fsp3) is 0.190. The lowest BCUT2D eigenvalue weighted by atomic mass is 9.99. The van der Waals surface area contributed by atoms with Gasteiger partial charge in [0.05, 0.1) is 18.4 Å². The number of aryl methyl sites for hydroxylation is 1. The predicted octanol–water partition coefficient (Wildman–Crippen LogP) is 5.16. The summed E-state index contributed by atoms with van der Waals surface area (Å²) in [7, 11) is -2.66. The van der Waals surface area contributed by atoms with Crippen molar-refractivity contribution in [1.82, 2.24) is 4.98 Å². The molecule has 0 aliphatic rings. The fourth-order valence-electron chi connectivity index (χ4n) is 3.13. The third-order valence-corrected chi connectivity index (χ3v) is 6.53. The Morgan fingerprint density at radius 2 is 1.88 bits per heavy atom. The largest absolute Gasteiger partial charge is 0.497 e. The number of halogens is 4. The smallest absolute Gasteiger partial charge is 0.417 e. The molecule has 11 heteroatoms. The van der Waals surface area contributed by atoms with Crippen LogP contribution in [0.2, 0.25) is 0 Å². The molecule has 0 amide bonds. The maximum absolute atomic E-state index is 12.8. The van der Waals surface area contributed by atoms with Crippen LogP contribution in [0.1, 0.15) is 22.3 Å². The first kappa shape index (κ1) is 24.0. The molecular weight excluding hydrogens is 511 g/mol. The Balaban J connectivity index is 2.05. The summed E-state index contributed by atoms with van der Waals surface area (Å²) < 4.78 is 69.3. The molecule has 170 valence electrons. The van der Waals surface area contributed by atoms with Gasteiger partial charge in [-0.2, -0.15) is 13.2 Å². The molecule has 0 spiro atoms. The number of benzene rings is 2. The molecular formula is C21H19BrF3N3O3S. The summed E-state index contributed by atoms with van der Waals surface area (Å²) >= 11 is 3.46. The zero-order valence-corrected chi connectivity index (χ0v) is 19.4. The number of hydrogen-bond acceptors (Lipinski definition) is 5. The Kier molecular flexibility index (Phi) is 6.82. The van der Waals surface area contributed by atoms with E-state index < -0.39 is 21.8 Å². The Hall–Kier alpha value is -2.63. The second-order valence-electron chi connectivity index (χ2n) is 6.97. The van der Waals surface area contributed by atoms with Crippen LogP contribution in [0.3, 0.4) is 0 Å². The minimum Gasteiger partial charge on any atom is -0.497 e. The van der Waals surface area contributed by atoms with Gasteiger partial charge in [0.2, 0.25) is 10.0 Å². The highest BCUT2D eigenvalue weighted by Gasteiger charge is 2.30. The van der Waals surface area contributed by atoms with Crippen LogP contribution >= 0.6 is 15.9 Å². The molecule has 0 saturated carbocycles. The van der Waals surface area contributed by atoms with Gasteiger partial charge in [0.25, 0.3) is 0 Å². The standard InChI is InChI=1S/C21H19BrF3N3O3S/c1-12-3-7-18(28-19-8-5-14(11-27-19)21(23,24)25)20(32(26,29)30)16(12)9-13-4-6-15(31-2)10-17(13)22/h3-8,10-11H,9H2,1-2H3,(H,27,28)(H2,26,29,30). The van der Waals surface area contributed by atoms with E-state index in [0.29, 0.717) is 23.1 Å². The fourth-order valence-corrected chi connectivity index (χ4v) is 4.63. The van der Waals surface area contributed by atoms with Gasteiger partial charge in [-0.05, 0) is 53.9 Å². The molecule has 32 heavy (non-hydrogen) atoms. The molecule has 0 saturated heterocycles. The SMILES string of the molecule is COc1ccc(Cc2c(C)ccc(Nc3ccc(C(F)(F)F)cn3)c2S(N)(=O)=O)c(Br)c1. The van der Waals surface area contributed by atoms with Crippen molar-refractivity contribution in [2.75, 3.05) is 12.4 Å². The zero-order valence-electron chi connectivity index (χ0n) is 17.0. The number of hydrogen-bond donors (Lipinski definition) is 2. The summed E-state index contributed by atoms with van der Waals surface area (Å²) in [6.07, 6.45) is -3.62. The number of pyridine rings is 1. The summed E-state index contributed by atoms with van der Waals surface area (Å²) in [6, 6.07) is 10.5. The highest BCUT2D eigenvalue weighted by Crippen LogP contribution is 2.34. The quantitative estimate of drug-likeness (QED) is 0.459. The summed E-state index contributed by atoms with van der Waals surface area (Å²) in [5, 5.41) is 8.31. The molecule has 0 bridgehead atoms. The van der Waals surface area contributed by atoms with E-state index in [1.54, 1.807) is 31.2 Å². The molecule has 0 fully saturated rings. The molecule has 3 rings (SSSR count). The minimum absolute atomic E-state index is 0.0448. The predicted molar refractivity (Wildman–Crippen MR) is 119 cm³/mol. The van der Waals surface area contributed by atoms with E-state index in [9.17, 15) is 21.6 Å². The zero-order chi connectivity index (χ0) is 23.7. The van der Waals surface area contributed by atoms with E-state index in [2.05, 4.69) is 26.2 Å². The molecule has 3 aromatic rings. The molecule has 6 nitrogen and oxygen atoms in total. The molecule has 3 N–H and O–H groups in total. The van der Waals surface area contributed by atoms with Crippen molar-refractivity contribution in [1.29, 1.82) is 0 Å². The van der Waals surface area contributed by atoms with Gasteiger partial charge in [-0.15, -0.1) is 0 Å². The lowest BCUT2D eigenvalue weighted by Crippen LogP contribution is -2.18. The number of sulfonamides is 1. The number of methoxy groups -OCH3 is 1. The molecule has 0 unspecified atom stereocenters. The van der Waals surface area contributed by atoms with Crippen LogP contribution in [0, 0.1) is 6.92 Å². The second-order valence-corrected chi connectivity index (χ2v) is 9.32. The minimum atomic E-state index is -4.53. The number of nitrogens with one attached hydrogen (secondary N) is 1. The first-order valence-corrected chi connectivity index (χ1v) is 11.5. The highest BCUT2D eigenvalue weighted by atomic mass is 79.9. The first-order valence-electron chi connectivity index (χ1n) is 9.18. The summed E-state index contributed by atoms with van der Waals surface area (Å²) in [4.78, 5) is 3.59. The van der Waals surface area contributed by atoms with Crippen molar-refractivity contribution < 1.29 is 26.3 Å². The van der Waals surface area contributed by atoms with Gasteiger partial charge in [-0.3, -0.25) is 0 Å². The van der Waals surface area contributed by atoms with E-state index in [4.69, 9.17) is 9.88 Å². The molecule has 1 aromatic heterocycles. The number of aromatic nitrogens is 1. The maximum atomic E-state index is 12.8. The van der Waals surface area contributed by atoms with Gasteiger partial charge in [0.1, 0.15) is 16.5 Å². The number of nitrogens with two attached hydrogens (primary N) is 1. The van der Waals surface area contributed by atoms with Crippen molar-refractivity contribution in [3.8, 4) is 5.75 Å². The molecule has 1 heterocycles. The molecule has 0 aliphatic heterocycles. The molecule has 0 radical (unpaired) electrons. The Bertz CT molecular complexity index is 1250. The van der Waals surface area contributed by atoms with Crippen LogP contribution in [0.4, 0.5) is 24.7 Å². The van der Waals surface area contributed by atoms with Crippen LogP contribution in [0.5, 0.6) is 5.75 Å². The number of alkyl halides is 3. The van der Waals surface area contributed by atoms with Crippen LogP contribution in [-0.2, 0) is 22.6 Å². The third-order valence-electron chi connectivity index (χ3n) is 4.76. The Labute approximate surface area is 191 Å². The van der Waals surface area contributed by atoms with Gasteiger partial charge in [-0.25, -0.2) is 18.5 Å². The van der Waals surface area contributed by atoms with Crippen LogP contribution in [-0.4, -0.2) is 20.5 Å². The number of anilines is 2. The van der Waals surface area contributed by atoms with Gasteiger partial charge in [0.15, 0.2) is 0 Å².